The van der Waals surface area contributed by atoms with Gasteiger partial charge in [0.15, 0.2) is 5.78 Å². The summed E-state index contributed by atoms with van der Waals surface area (Å²) >= 11 is 0. The van der Waals surface area contributed by atoms with E-state index in [1.165, 1.54) is 12.8 Å². The van der Waals surface area contributed by atoms with Gasteiger partial charge in [0.1, 0.15) is 0 Å². The Hall–Kier alpha value is -0.450. The lowest BCUT2D eigenvalue weighted by molar-refractivity contribution is -0.137. The first kappa shape index (κ1) is 14.0. The molecule has 0 aromatic heterocycles. The maximum Gasteiger partial charge on any atom is 0.152 e. The Labute approximate surface area is 109 Å². The zero-order chi connectivity index (χ0) is 13.0. The van der Waals surface area contributed by atoms with Crippen LogP contribution in [0.25, 0.3) is 0 Å². The Kier molecular flexibility index (Phi) is 4.76. The van der Waals surface area contributed by atoms with E-state index in [9.17, 15) is 4.79 Å². The first-order valence-corrected chi connectivity index (χ1v) is 7.09. The van der Waals surface area contributed by atoms with Crippen LogP contribution in [0.4, 0.5) is 0 Å². The van der Waals surface area contributed by atoms with Gasteiger partial charge < -0.3 is 15.2 Å². The molecule has 1 aliphatic heterocycles. The molecule has 0 bridgehead atoms. The Morgan fingerprint density at radius 2 is 2.22 bits per heavy atom. The van der Waals surface area contributed by atoms with E-state index < -0.39 is 0 Å². The smallest absolute Gasteiger partial charge is 0.152 e. The molecular formula is C14H25NO3. The summed E-state index contributed by atoms with van der Waals surface area (Å²) in [6, 6.07) is -0.369. The van der Waals surface area contributed by atoms with Gasteiger partial charge in [-0.3, -0.25) is 4.79 Å². The third-order valence-corrected chi connectivity index (χ3v) is 4.41. The summed E-state index contributed by atoms with van der Waals surface area (Å²) in [4.78, 5) is 12.3. The first-order valence-electron chi connectivity index (χ1n) is 7.09. The summed E-state index contributed by atoms with van der Waals surface area (Å²) in [7, 11) is 1.64. The molecule has 1 saturated carbocycles. The van der Waals surface area contributed by atoms with E-state index in [0.29, 0.717) is 19.6 Å². The summed E-state index contributed by atoms with van der Waals surface area (Å²) in [6.45, 7) is 1.27. The van der Waals surface area contributed by atoms with Gasteiger partial charge in [0, 0.05) is 26.2 Å². The summed E-state index contributed by atoms with van der Waals surface area (Å²) in [6.07, 6.45) is 7.04. The number of hydrogen-bond donors (Lipinski definition) is 1. The van der Waals surface area contributed by atoms with Gasteiger partial charge in [0.25, 0.3) is 0 Å². The van der Waals surface area contributed by atoms with Gasteiger partial charge in [-0.2, -0.15) is 0 Å². The van der Waals surface area contributed by atoms with Crippen molar-refractivity contribution < 1.29 is 14.3 Å². The van der Waals surface area contributed by atoms with E-state index in [0.717, 1.165) is 25.7 Å². The second-order valence-electron chi connectivity index (χ2n) is 5.72. The monoisotopic (exact) mass is 255 g/mol. The molecule has 0 amide bonds. The number of methoxy groups -OCH3 is 1. The van der Waals surface area contributed by atoms with Crippen molar-refractivity contribution >= 4 is 5.78 Å². The fourth-order valence-corrected chi connectivity index (χ4v) is 3.33. The standard InChI is InChI=1S/C14H25NO3/c1-17-8-5-12(15)13(16)11-4-9-18-14(10-11)6-2-3-7-14/h11-12H,2-10,15H2,1H3. The minimum absolute atomic E-state index is 0.000443. The molecule has 104 valence electrons. The first-order chi connectivity index (χ1) is 8.67. The van der Waals surface area contributed by atoms with Crippen molar-refractivity contribution in [1.82, 2.24) is 0 Å². The van der Waals surface area contributed by atoms with Crippen LogP contribution >= 0.6 is 0 Å². The Balaban J connectivity index is 1.89. The normalized spacial score (nSPS) is 28.4. The van der Waals surface area contributed by atoms with E-state index in [2.05, 4.69) is 0 Å². The predicted molar refractivity (Wildman–Crippen MR) is 69.4 cm³/mol. The minimum Gasteiger partial charge on any atom is -0.385 e. The van der Waals surface area contributed by atoms with Gasteiger partial charge in [-0.1, -0.05) is 12.8 Å². The third kappa shape index (κ3) is 3.11. The molecule has 2 N–H and O–H groups in total. The summed E-state index contributed by atoms with van der Waals surface area (Å²) in [5, 5.41) is 0. The van der Waals surface area contributed by atoms with Crippen LogP contribution in [-0.4, -0.2) is 37.7 Å². The minimum atomic E-state index is -0.369. The topological polar surface area (TPSA) is 61.5 Å². The average molecular weight is 255 g/mol. The zero-order valence-corrected chi connectivity index (χ0v) is 11.3. The number of carbonyl (C=O) groups is 1. The van der Waals surface area contributed by atoms with Crippen molar-refractivity contribution in [3.05, 3.63) is 0 Å². The van der Waals surface area contributed by atoms with Crippen molar-refractivity contribution in [3.63, 3.8) is 0 Å². The van der Waals surface area contributed by atoms with E-state index in [1.54, 1.807) is 7.11 Å². The van der Waals surface area contributed by atoms with Crippen LogP contribution in [0, 0.1) is 5.92 Å². The molecule has 4 heteroatoms. The van der Waals surface area contributed by atoms with Crippen LogP contribution < -0.4 is 5.73 Å². The molecule has 1 aliphatic carbocycles. The molecule has 0 aromatic carbocycles. The predicted octanol–water partition coefficient (Wildman–Crippen LogP) is 1.66. The van der Waals surface area contributed by atoms with Crippen LogP contribution in [0.5, 0.6) is 0 Å². The van der Waals surface area contributed by atoms with Crippen molar-refractivity contribution in [2.24, 2.45) is 11.7 Å². The third-order valence-electron chi connectivity index (χ3n) is 4.41. The van der Waals surface area contributed by atoms with E-state index >= 15 is 0 Å². The van der Waals surface area contributed by atoms with Gasteiger partial charge in [-0.15, -0.1) is 0 Å². The number of Topliss-reactive ketones (excluding diaryl/α,β-unsaturated/α-hetero) is 1. The fourth-order valence-electron chi connectivity index (χ4n) is 3.33. The highest BCUT2D eigenvalue weighted by Crippen LogP contribution is 2.42. The second-order valence-corrected chi connectivity index (χ2v) is 5.72. The van der Waals surface area contributed by atoms with Crippen LogP contribution in [-0.2, 0) is 14.3 Å². The highest BCUT2D eigenvalue weighted by molar-refractivity contribution is 5.86. The summed E-state index contributed by atoms with van der Waals surface area (Å²) in [5.74, 6) is 0.310. The highest BCUT2D eigenvalue weighted by Gasteiger charge is 2.42. The molecule has 2 rings (SSSR count). The zero-order valence-electron chi connectivity index (χ0n) is 11.3. The van der Waals surface area contributed by atoms with Crippen molar-refractivity contribution in [1.29, 1.82) is 0 Å². The van der Waals surface area contributed by atoms with Crippen molar-refractivity contribution in [2.75, 3.05) is 20.3 Å². The number of nitrogens with two attached hydrogens (primary N) is 1. The number of rotatable bonds is 5. The number of ether oxygens (including phenoxy) is 2. The molecule has 2 unspecified atom stereocenters. The second kappa shape index (κ2) is 6.13. The SMILES string of the molecule is COCCC(N)C(=O)C1CCOC2(CCCC2)C1. The van der Waals surface area contributed by atoms with Crippen LogP contribution in [0.15, 0.2) is 0 Å². The molecule has 0 radical (unpaired) electrons. The molecule has 18 heavy (non-hydrogen) atoms. The van der Waals surface area contributed by atoms with Crippen molar-refractivity contribution in [3.8, 4) is 0 Å². The maximum absolute atomic E-state index is 12.3. The van der Waals surface area contributed by atoms with E-state index in [1.807, 2.05) is 0 Å². The van der Waals surface area contributed by atoms with Gasteiger partial charge in [-0.25, -0.2) is 0 Å². The fraction of sp³-hybridized carbons (Fsp3) is 0.929. The van der Waals surface area contributed by atoms with Crippen LogP contribution in [0.1, 0.15) is 44.9 Å². The molecule has 0 aromatic rings. The molecule has 2 aliphatic rings. The molecule has 4 nitrogen and oxygen atoms in total. The maximum atomic E-state index is 12.3. The Bertz CT molecular complexity index is 287. The van der Waals surface area contributed by atoms with Crippen LogP contribution in [0.2, 0.25) is 0 Å². The quantitative estimate of drug-likeness (QED) is 0.811. The highest BCUT2D eigenvalue weighted by atomic mass is 16.5. The number of hydrogen-bond acceptors (Lipinski definition) is 4. The Morgan fingerprint density at radius 3 is 2.89 bits per heavy atom. The van der Waals surface area contributed by atoms with E-state index in [4.69, 9.17) is 15.2 Å². The van der Waals surface area contributed by atoms with Crippen molar-refractivity contribution in [2.45, 2.75) is 56.6 Å². The van der Waals surface area contributed by atoms with E-state index in [-0.39, 0.29) is 23.3 Å². The summed E-state index contributed by atoms with van der Waals surface area (Å²) < 4.78 is 10.9. The largest absolute Gasteiger partial charge is 0.385 e. The van der Waals surface area contributed by atoms with Crippen LogP contribution in [0.3, 0.4) is 0 Å². The van der Waals surface area contributed by atoms with Gasteiger partial charge in [0.2, 0.25) is 0 Å². The number of ketones is 1. The number of carbonyl (C=O) groups excluding carboxylic acids is 1. The molecule has 2 fully saturated rings. The van der Waals surface area contributed by atoms with Gasteiger partial charge in [-0.05, 0) is 32.1 Å². The molecule has 1 heterocycles. The average Bonchev–Trinajstić information content (AvgIpc) is 2.83. The molecule has 2 atom stereocenters. The summed E-state index contributed by atoms with van der Waals surface area (Å²) in [5.41, 5.74) is 5.95. The van der Waals surface area contributed by atoms with Gasteiger partial charge in [0.05, 0.1) is 11.6 Å². The molecule has 1 spiro atoms. The molecule has 1 saturated heterocycles. The Morgan fingerprint density at radius 1 is 1.50 bits per heavy atom. The lowest BCUT2D eigenvalue weighted by atomic mass is 9.80. The molecular weight excluding hydrogens is 230 g/mol. The lowest BCUT2D eigenvalue weighted by Crippen LogP contribution is -2.44. The van der Waals surface area contributed by atoms with Gasteiger partial charge >= 0.3 is 0 Å². The lowest BCUT2D eigenvalue weighted by Gasteiger charge is -2.38.